The van der Waals surface area contributed by atoms with Gasteiger partial charge in [-0.2, -0.15) is 22.7 Å². The smallest absolute Gasteiger partial charge is 0.387 e. The van der Waals surface area contributed by atoms with Crippen LogP contribution < -0.4 is 9.47 Å². The number of Topliss-reactive ketones (excluding diaryl/α,β-unsaturated/α-hetero) is 1. The first kappa shape index (κ1) is 23.3. The van der Waals surface area contributed by atoms with Crippen LogP contribution in [-0.2, 0) is 0 Å². The van der Waals surface area contributed by atoms with Gasteiger partial charge in [0.15, 0.2) is 5.78 Å². The molecule has 0 N–H and O–H groups in total. The highest BCUT2D eigenvalue weighted by atomic mass is 19.3. The number of nitrogens with zero attached hydrogens (tertiary/aromatic N) is 4. The number of carbonyl (C=O) groups excluding carboxylic acids is 1. The van der Waals surface area contributed by atoms with E-state index in [-0.39, 0.29) is 29.3 Å². The zero-order valence-electron chi connectivity index (χ0n) is 18.2. The number of fused-ring (bicyclic) bond motifs is 1. The standard InChI is InChI=1S/C23H20F4N4O3/c1-3-4-17(32)21-18(33-2)7-14(8-19(21)34-23(26)27)16-11-28-20-9-13(5-6-30(16)20)15-10-29-31(12-15)22(24)25/h5-12,22-23H,3-4H2,1-2H3. The van der Waals surface area contributed by atoms with Crippen LogP contribution in [0.2, 0.25) is 0 Å². The van der Waals surface area contributed by atoms with Crippen LogP contribution in [0.4, 0.5) is 17.6 Å². The molecule has 178 valence electrons. The molecule has 0 spiro atoms. The van der Waals surface area contributed by atoms with Gasteiger partial charge in [-0.1, -0.05) is 6.92 Å². The number of carbonyl (C=O) groups is 1. The van der Waals surface area contributed by atoms with E-state index in [0.29, 0.717) is 39.1 Å². The van der Waals surface area contributed by atoms with Crippen molar-refractivity contribution in [3.05, 3.63) is 54.6 Å². The van der Waals surface area contributed by atoms with Crippen molar-refractivity contribution in [2.45, 2.75) is 32.9 Å². The Kier molecular flexibility index (Phi) is 6.53. The Morgan fingerprint density at radius 3 is 2.47 bits per heavy atom. The Balaban J connectivity index is 1.79. The number of ketones is 1. The second kappa shape index (κ2) is 9.54. The first-order valence-electron chi connectivity index (χ1n) is 10.3. The topological polar surface area (TPSA) is 70.7 Å². The van der Waals surface area contributed by atoms with Crippen molar-refractivity contribution in [1.82, 2.24) is 19.2 Å². The fraction of sp³-hybridized carbons (Fsp3) is 0.261. The molecule has 3 heterocycles. The molecule has 0 saturated carbocycles. The maximum absolute atomic E-state index is 13.1. The number of ether oxygens (including phenoxy) is 2. The number of pyridine rings is 1. The van der Waals surface area contributed by atoms with E-state index in [0.717, 1.165) is 0 Å². The van der Waals surface area contributed by atoms with E-state index in [4.69, 9.17) is 4.74 Å². The summed E-state index contributed by atoms with van der Waals surface area (Å²) in [5, 5.41) is 3.64. The van der Waals surface area contributed by atoms with Crippen molar-refractivity contribution in [1.29, 1.82) is 0 Å². The molecule has 4 aromatic rings. The quantitative estimate of drug-likeness (QED) is 0.224. The Hall–Kier alpha value is -3.89. The lowest BCUT2D eigenvalue weighted by atomic mass is 10.0. The summed E-state index contributed by atoms with van der Waals surface area (Å²) < 4.78 is 64.2. The van der Waals surface area contributed by atoms with E-state index in [1.165, 1.54) is 31.8 Å². The van der Waals surface area contributed by atoms with E-state index in [9.17, 15) is 22.4 Å². The molecule has 7 nitrogen and oxygen atoms in total. The highest BCUT2D eigenvalue weighted by Crippen LogP contribution is 2.37. The van der Waals surface area contributed by atoms with Crippen LogP contribution >= 0.6 is 0 Å². The zero-order valence-corrected chi connectivity index (χ0v) is 18.2. The van der Waals surface area contributed by atoms with Gasteiger partial charge in [-0.05, 0) is 36.2 Å². The van der Waals surface area contributed by atoms with Crippen molar-refractivity contribution in [2.24, 2.45) is 0 Å². The van der Waals surface area contributed by atoms with Crippen LogP contribution in [0, 0.1) is 0 Å². The van der Waals surface area contributed by atoms with Crippen LogP contribution in [0.1, 0.15) is 36.7 Å². The predicted molar refractivity (Wildman–Crippen MR) is 116 cm³/mol. The average Bonchev–Trinajstić information content (AvgIpc) is 3.45. The van der Waals surface area contributed by atoms with Gasteiger partial charge in [0.25, 0.3) is 0 Å². The number of imidazole rings is 1. The van der Waals surface area contributed by atoms with E-state index < -0.39 is 13.2 Å². The molecule has 4 rings (SSSR count). The first-order valence-corrected chi connectivity index (χ1v) is 10.3. The van der Waals surface area contributed by atoms with Crippen molar-refractivity contribution in [3.8, 4) is 33.9 Å². The maximum atomic E-state index is 13.1. The van der Waals surface area contributed by atoms with Gasteiger partial charge < -0.3 is 9.47 Å². The van der Waals surface area contributed by atoms with Gasteiger partial charge in [0.1, 0.15) is 22.7 Å². The molecule has 0 fully saturated rings. The molecule has 1 aromatic carbocycles. The summed E-state index contributed by atoms with van der Waals surface area (Å²) in [4.78, 5) is 16.9. The first-order chi connectivity index (χ1) is 16.3. The van der Waals surface area contributed by atoms with Crippen molar-refractivity contribution in [2.75, 3.05) is 7.11 Å². The maximum Gasteiger partial charge on any atom is 0.387 e. The minimum absolute atomic E-state index is 0.0412. The number of alkyl halides is 4. The number of rotatable bonds is 9. The molecule has 0 radical (unpaired) electrons. The second-order valence-corrected chi connectivity index (χ2v) is 7.38. The van der Waals surface area contributed by atoms with Gasteiger partial charge in [-0.3, -0.25) is 9.20 Å². The van der Waals surface area contributed by atoms with Gasteiger partial charge in [-0.25, -0.2) is 9.67 Å². The lowest BCUT2D eigenvalue weighted by Gasteiger charge is -2.16. The summed E-state index contributed by atoms with van der Waals surface area (Å²) in [6, 6.07) is 6.29. The van der Waals surface area contributed by atoms with Crippen LogP contribution in [0.25, 0.3) is 28.0 Å². The van der Waals surface area contributed by atoms with E-state index in [2.05, 4.69) is 14.8 Å². The lowest BCUT2D eigenvalue weighted by Crippen LogP contribution is -2.10. The minimum Gasteiger partial charge on any atom is -0.496 e. The molecular weight excluding hydrogens is 456 g/mol. The molecule has 0 aliphatic heterocycles. The van der Waals surface area contributed by atoms with Gasteiger partial charge >= 0.3 is 13.2 Å². The molecule has 0 amide bonds. The lowest BCUT2D eigenvalue weighted by molar-refractivity contribution is -0.0502. The zero-order chi connectivity index (χ0) is 24.4. The molecule has 3 aromatic heterocycles. The van der Waals surface area contributed by atoms with E-state index in [1.54, 1.807) is 35.7 Å². The molecule has 0 saturated heterocycles. The molecule has 0 aliphatic carbocycles. The number of halogens is 4. The average molecular weight is 476 g/mol. The number of hydrogen-bond acceptors (Lipinski definition) is 5. The fourth-order valence-corrected chi connectivity index (χ4v) is 3.68. The van der Waals surface area contributed by atoms with E-state index in [1.807, 2.05) is 0 Å². The molecule has 34 heavy (non-hydrogen) atoms. The van der Waals surface area contributed by atoms with Crippen LogP contribution in [0.15, 0.2) is 49.1 Å². The number of methoxy groups -OCH3 is 1. The van der Waals surface area contributed by atoms with Gasteiger partial charge in [0.2, 0.25) is 0 Å². The second-order valence-electron chi connectivity index (χ2n) is 7.38. The summed E-state index contributed by atoms with van der Waals surface area (Å²) in [5.41, 5.74) is 2.51. The third kappa shape index (κ3) is 4.45. The van der Waals surface area contributed by atoms with Crippen molar-refractivity contribution < 1.29 is 31.8 Å². The highest BCUT2D eigenvalue weighted by molar-refractivity contribution is 6.02. The Labute approximate surface area is 191 Å². The largest absolute Gasteiger partial charge is 0.496 e. The van der Waals surface area contributed by atoms with Crippen LogP contribution in [0.5, 0.6) is 11.5 Å². The van der Waals surface area contributed by atoms with Gasteiger partial charge in [0, 0.05) is 29.9 Å². The van der Waals surface area contributed by atoms with Gasteiger partial charge in [0.05, 0.1) is 25.2 Å². The highest BCUT2D eigenvalue weighted by Gasteiger charge is 2.23. The van der Waals surface area contributed by atoms with Gasteiger partial charge in [-0.15, -0.1) is 0 Å². The number of benzene rings is 1. The van der Waals surface area contributed by atoms with Crippen LogP contribution in [-0.4, -0.2) is 38.7 Å². The monoisotopic (exact) mass is 476 g/mol. The normalized spacial score (nSPS) is 11.5. The Bertz CT molecular complexity index is 1330. The molecule has 0 aliphatic rings. The number of aromatic nitrogens is 4. The SMILES string of the molecule is CCCC(=O)c1c(OC)cc(-c2cnc3cc(-c4cnn(C(F)F)c4)ccn23)cc1OC(F)F. The fourth-order valence-electron chi connectivity index (χ4n) is 3.68. The van der Waals surface area contributed by atoms with Crippen molar-refractivity contribution >= 4 is 11.4 Å². The third-order valence-electron chi connectivity index (χ3n) is 5.20. The molecule has 11 heteroatoms. The van der Waals surface area contributed by atoms with Crippen LogP contribution in [0.3, 0.4) is 0 Å². The summed E-state index contributed by atoms with van der Waals surface area (Å²) in [7, 11) is 1.34. The molecule has 0 bridgehead atoms. The summed E-state index contributed by atoms with van der Waals surface area (Å²) in [6.07, 6.45) is 6.43. The Morgan fingerprint density at radius 2 is 1.82 bits per heavy atom. The summed E-state index contributed by atoms with van der Waals surface area (Å²) >= 11 is 0. The minimum atomic E-state index is -3.13. The summed E-state index contributed by atoms with van der Waals surface area (Å²) in [5.74, 6) is -0.542. The third-order valence-corrected chi connectivity index (χ3v) is 5.20. The van der Waals surface area contributed by atoms with Crippen molar-refractivity contribution in [3.63, 3.8) is 0 Å². The van der Waals surface area contributed by atoms with E-state index >= 15 is 0 Å². The predicted octanol–water partition coefficient (Wildman–Crippen LogP) is 5.85. The number of hydrogen-bond donors (Lipinski definition) is 0. The summed E-state index contributed by atoms with van der Waals surface area (Å²) in [6.45, 7) is -4.08. The molecule has 0 unspecified atom stereocenters. The molecule has 0 atom stereocenters. The Morgan fingerprint density at radius 1 is 1.06 bits per heavy atom. The molecular formula is C23H20F4N4O3.